The number of aromatic nitrogens is 2. The van der Waals surface area contributed by atoms with E-state index in [1.165, 1.54) is 7.11 Å². The van der Waals surface area contributed by atoms with Crippen molar-refractivity contribution < 1.29 is 13.9 Å². The van der Waals surface area contributed by atoms with Crippen molar-refractivity contribution in [2.75, 3.05) is 31.6 Å². The van der Waals surface area contributed by atoms with Gasteiger partial charge in [-0.1, -0.05) is 18.2 Å². The molecule has 1 saturated heterocycles. The highest BCUT2D eigenvalue weighted by Crippen LogP contribution is 2.28. The molecule has 1 aromatic heterocycles. The number of hydrogen-bond donors (Lipinski definition) is 0. The highest BCUT2D eigenvalue weighted by Gasteiger charge is 2.31. The molecule has 7 heteroatoms. The van der Waals surface area contributed by atoms with Crippen molar-refractivity contribution in [2.24, 2.45) is 0 Å². The molecule has 0 amide bonds. The average molecular weight is 406 g/mol. The largest absolute Gasteiger partial charge is 0.465 e. The van der Waals surface area contributed by atoms with Gasteiger partial charge in [0.1, 0.15) is 0 Å². The Morgan fingerprint density at radius 3 is 2.50 bits per heavy atom. The Morgan fingerprint density at radius 1 is 1.10 bits per heavy atom. The van der Waals surface area contributed by atoms with Gasteiger partial charge in [0, 0.05) is 36.9 Å². The summed E-state index contributed by atoms with van der Waals surface area (Å²) in [5, 5.41) is 8.53. The first-order chi connectivity index (χ1) is 14.6. The SMILES string of the molecule is COC(=O)c1ccc(N2CCN(C(C)c3nnc(-c4ccccc4)o3)C(C)C2)cc1. The maximum Gasteiger partial charge on any atom is 0.337 e. The van der Waals surface area contributed by atoms with E-state index in [1.54, 1.807) is 0 Å². The van der Waals surface area contributed by atoms with Gasteiger partial charge in [0.15, 0.2) is 0 Å². The van der Waals surface area contributed by atoms with Gasteiger partial charge in [0.05, 0.1) is 18.7 Å². The Hall–Kier alpha value is -3.19. The van der Waals surface area contributed by atoms with Crippen LogP contribution in [-0.4, -0.2) is 53.9 Å². The van der Waals surface area contributed by atoms with Crippen molar-refractivity contribution in [3.8, 4) is 11.5 Å². The molecule has 2 unspecified atom stereocenters. The maximum absolute atomic E-state index is 11.6. The zero-order valence-electron chi connectivity index (χ0n) is 17.5. The molecule has 1 aliphatic rings. The quantitative estimate of drug-likeness (QED) is 0.597. The highest BCUT2D eigenvalue weighted by atomic mass is 16.5. The van der Waals surface area contributed by atoms with Crippen molar-refractivity contribution in [1.29, 1.82) is 0 Å². The Labute approximate surface area is 176 Å². The number of esters is 1. The summed E-state index contributed by atoms with van der Waals surface area (Å²) in [5.41, 5.74) is 2.59. The van der Waals surface area contributed by atoms with E-state index in [0.717, 1.165) is 30.9 Å². The molecule has 1 aliphatic heterocycles. The fraction of sp³-hybridized carbons (Fsp3) is 0.348. The lowest BCUT2D eigenvalue weighted by atomic mass is 10.1. The number of ether oxygens (including phenoxy) is 1. The van der Waals surface area contributed by atoms with Crippen LogP contribution in [0.3, 0.4) is 0 Å². The maximum atomic E-state index is 11.6. The number of carbonyl (C=O) groups excluding carboxylic acids is 1. The third-order valence-electron chi connectivity index (χ3n) is 5.65. The topological polar surface area (TPSA) is 71.7 Å². The average Bonchev–Trinajstić information content (AvgIpc) is 3.29. The van der Waals surface area contributed by atoms with Gasteiger partial charge in [-0.25, -0.2) is 4.79 Å². The number of rotatable bonds is 5. The summed E-state index contributed by atoms with van der Waals surface area (Å²) in [6, 6.07) is 17.7. The van der Waals surface area contributed by atoms with Gasteiger partial charge in [-0.2, -0.15) is 0 Å². The Morgan fingerprint density at radius 2 is 1.83 bits per heavy atom. The number of methoxy groups -OCH3 is 1. The fourth-order valence-electron chi connectivity index (χ4n) is 3.95. The molecule has 0 spiro atoms. The van der Waals surface area contributed by atoms with E-state index in [-0.39, 0.29) is 12.0 Å². The predicted octanol–water partition coefficient (Wildman–Crippen LogP) is 3.79. The number of carbonyl (C=O) groups is 1. The van der Waals surface area contributed by atoms with Crippen LogP contribution in [0, 0.1) is 0 Å². The van der Waals surface area contributed by atoms with Crippen molar-refractivity contribution in [3.05, 3.63) is 66.1 Å². The second kappa shape index (κ2) is 8.67. The molecule has 3 aromatic rings. The second-order valence-electron chi connectivity index (χ2n) is 7.56. The molecule has 0 aliphatic carbocycles. The van der Waals surface area contributed by atoms with Gasteiger partial charge >= 0.3 is 5.97 Å². The molecule has 7 nitrogen and oxygen atoms in total. The zero-order chi connectivity index (χ0) is 21.1. The van der Waals surface area contributed by atoms with E-state index >= 15 is 0 Å². The highest BCUT2D eigenvalue weighted by molar-refractivity contribution is 5.89. The summed E-state index contributed by atoms with van der Waals surface area (Å²) in [6.07, 6.45) is 0. The van der Waals surface area contributed by atoms with Crippen molar-refractivity contribution in [3.63, 3.8) is 0 Å². The second-order valence-corrected chi connectivity index (χ2v) is 7.56. The van der Waals surface area contributed by atoms with E-state index in [9.17, 15) is 4.79 Å². The predicted molar refractivity (Wildman–Crippen MR) is 114 cm³/mol. The normalized spacial score (nSPS) is 18.2. The molecule has 1 fully saturated rings. The summed E-state index contributed by atoms with van der Waals surface area (Å²) in [5.74, 6) is 0.869. The Kier molecular flexibility index (Phi) is 5.81. The number of anilines is 1. The molecular weight excluding hydrogens is 380 g/mol. The van der Waals surface area contributed by atoms with Crippen molar-refractivity contribution in [2.45, 2.75) is 25.9 Å². The summed E-state index contributed by atoms with van der Waals surface area (Å²) >= 11 is 0. The monoisotopic (exact) mass is 406 g/mol. The van der Waals surface area contributed by atoms with E-state index in [0.29, 0.717) is 23.4 Å². The molecule has 0 saturated carbocycles. The molecular formula is C23H26N4O3. The van der Waals surface area contributed by atoms with Crippen LogP contribution in [0.5, 0.6) is 0 Å². The summed E-state index contributed by atoms with van der Waals surface area (Å²) in [4.78, 5) is 16.4. The lowest BCUT2D eigenvalue weighted by Gasteiger charge is -2.42. The standard InChI is InChI=1S/C23H26N4O3/c1-16-15-26(20-11-9-19(10-12-20)23(28)29-3)13-14-27(16)17(2)21-24-25-22(30-21)18-7-5-4-6-8-18/h4-12,16-17H,13-15H2,1-3H3. The van der Waals surface area contributed by atoms with E-state index < -0.39 is 0 Å². The van der Waals surface area contributed by atoms with Gasteiger partial charge in [-0.15, -0.1) is 10.2 Å². The Balaban J connectivity index is 1.42. The van der Waals surface area contributed by atoms with Crippen molar-refractivity contribution in [1.82, 2.24) is 15.1 Å². The lowest BCUT2D eigenvalue weighted by molar-refractivity contribution is 0.0600. The van der Waals surface area contributed by atoms with Gasteiger partial charge < -0.3 is 14.1 Å². The minimum atomic E-state index is -0.317. The van der Waals surface area contributed by atoms with E-state index in [1.807, 2.05) is 54.6 Å². The van der Waals surface area contributed by atoms with E-state index in [4.69, 9.17) is 9.15 Å². The summed E-state index contributed by atoms with van der Waals surface area (Å²) in [6.45, 7) is 6.96. The molecule has 0 N–H and O–H groups in total. The van der Waals surface area contributed by atoms with Gasteiger partial charge in [0.2, 0.25) is 11.8 Å². The van der Waals surface area contributed by atoms with Crippen LogP contribution in [0.15, 0.2) is 59.0 Å². The Bertz CT molecular complexity index is 987. The number of benzene rings is 2. The van der Waals surface area contributed by atoms with Crippen molar-refractivity contribution >= 4 is 11.7 Å². The molecule has 30 heavy (non-hydrogen) atoms. The van der Waals surface area contributed by atoms with Crippen LogP contribution in [0.2, 0.25) is 0 Å². The minimum Gasteiger partial charge on any atom is -0.465 e. The number of hydrogen-bond acceptors (Lipinski definition) is 7. The first-order valence-electron chi connectivity index (χ1n) is 10.1. The number of nitrogens with zero attached hydrogens (tertiary/aromatic N) is 4. The third-order valence-corrected chi connectivity index (χ3v) is 5.65. The van der Waals surface area contributed by atoms with Crippen LogP contribution in [-0.2, 0) is 4.74 Å². The first-order valence-corrected chi connectivity index (χ1v) is 10.1. The number of piperazine rings is 1. The summed E-state index contributed by atoms with van der Waals surface area (Å²) < 4.78 is 10.7. The molecule has 2 heterocycles. The van der Waals surface area contributed by atoms with Gasteiger partial charge in [-0.3, -0.25) is 4.90 Å². The lowest BCUT2D eigenvalue weighted by Crippen LogP contribution is -2.52. The first kappa shape index (κ1) is 20.1. The molecule has 0 bridgehead atoms. The molecule has 2 aromatic carbocycles. The van der Waals surface area contributed by atoms with Crippen LogP contribution >= 0.6 is 0 Å². The van der Waals surface area contributed by atoms with Gasteiger partial charge in [0.25, 0.3) is 0 Å². The molecule has 0 radical (unpaired) electrons. The minimum absolute atomic E-state index is 0.0359. The molecule has 4 rings (SSSR count). The van der Waals surface area contributed by atoms with Crippen LogP contribution in [0.25, 0.3) is 11.5 Å². The molecule has 156 valence electrons. The van der Waals surface area contributed by atoms with Crippen LogP contribution in [0.1, 0.15) is 36.1 Å². The smallest absolute Gasteiger partial charge is 0.337 e. The van der Waals surface area contributed by atoms with E-state index in [2.05, 4.69) is 33.8 Å². The zero-order valence-corrected chi connectivity index (χ0v) is 17.5. The fourth-order valence-corrected chi connectivity index (χ4v) is 3.95. The van der Waals surface area contributed by atoms with Crippen LogP contribution in [0.4, 0.5) is 5.69 Å². The van der Waals surface area contributed by atoms with Crippen LogP contribution < -0.4 is 4.90 Å². The summed E-state index contributed by atoms with van der Waals surface area (Å²) in [7, 11) is 1.39. The molecule has 2 atom stereocenters. The van der Waals surface area contributed by atoms with Gasteiger partial charge in [-0.05, 0) is 50.2 Å². The third kappa shape index (κ3) is 4.07.